The number of aromatic nitrogens is 6. The molecule has 0 aliphatic rings. The van der Waals surface area contributed by atoms with Crippen LogP contribution in [0.2, 0.25) is 0 Å². The fraction of sp³-hybridized carbons (Fsp3) is 0.0164. The molecule has 0 amide bonds. The molecule has 67 heavy (non-hydrogen) atoms. The highest BCUT2D eigenvalue weighted by Gasteiger charge is 2.23. The summed E-state index contributed by atoms with van der Waals surface area (Å²) in [7, 11) is 0. The van der Waals surface area contributed by atoms with E-state index in [9.17, 15) is 0 Å². The van der Waals surface area contributed by atoms with Crippen molar-refractivity contribution in [3.05, 3.63) is 243 Å². The molecule has 0 unspecified atom stereocenters. The maximum Gasteiger partial charge on any atom is 0.161 e. The van der Waals surface area contributed by atoms with Crippen LogP contribution < -0.4 is 0 Å². The molecule has 11 aromatic rings. The molecule has 4 aromatic heterocycles. The van der Waals surface area contributed by atoms with Crippen molar-refractivity contribution >= 4 is 0 Å². The van der Waals surface area contributed by atoms with E-state index in [1.807, 2.05) is 104 Å². The molecule has 0 spiro atoms. The molecule has 0 fully saturated rings. The average Bonchev–Trinajstić information content (AvgIpc) is 3.41. The molecule has 0 bridgehead atoms. The third-order valence-electron chi connectivity index (χ3n) is 12.0. The number of nitrogens with zero attached hydrogens (tertiary/aromatic N) is 6. The Morgan fingerprint density at radius 1 is 0.254 bits per heavy atom. The zero-order valence-corrected chi connectivity index (χ0v) is 36.7. The van der Waals surface area contributed by atoms with Gasteiger partial charge in [0.2, 0.25) is 0 Å². The molecule has 7 aromatic carbocycles. The van der Waals surface area contributed by atoms with Gasteiger partial charge < -0.3 is 0 Å². The second-order valence-electron chi connectivity index (χ2n) is 16.3. The molecule has 4 heterocycles. The van der Waals surface area contributed by atoms with E-state index >= 15 is 0 Å². The van der Waals surface area contributed by atoms with Gasteiger partial charge in [-0.2, -0.15) is 0 Å². The van der Waals surface area contributed by atoms with Crippen LogP contribution in [0.15, 0.2) is 237 Å². The molecular weight excluding hydrogens is 817 g/mol. The van der Waals surface area contributed by atoms with E-state index in [0.29, 0.717) is 11.6 Å². The van der Waals surface area contributed by atoms with Crippen molar-refractivity contribution in [2.45, 2.75) is 6.92 Å². The van der Waals surface area contributed by atoms with E-state index < -0.39 is 0 Å². The Labute approximate surface area is 390 Å². The van der Waals surface area contributed by atoms with Gasteiger partial charge in [0.25, 0.3) is 0 Å². The van der Waals surface area contributed by atoms with Crippen molar-refractivity contribution in [3.63, 3.8) is 0 Å². The first-order valence-electron chi connectivity index (χ1n) is 22.4. The fourth-order valence-electron chi connectivity index (χ4n) is 8.82. The van der Waals surface area contributed by atoms with Crippen molar-refractivity contribution in [1.29, 1.82) is 0 Å². The van der Waals surface area contributed by atoms with E-state index in [1.54, 1.807) is 0 Å². The van der Waals surface area contributed by atoms with Crippen LogP contribution in [-0.2, 0) is 0 Å². The van der Waals surface area contributed by atoms with Gasteiger partial charge in [-0.3, -0.25) is 9.97 Å². The minimum absolute atomic E-state index is 0.619. The molecule has 11 rings (SSSR count). The number of benzene rings is 7. The number of aryl methyl sites for hydroxylation is 1. The lowest BCUT2D eigenvalue weighted by atomic mass is 9.83. The van der Waals surface area contributed by atoms with E-state index in [1.165, 1.54) is 0 Å². The number of rotatable bonds is 10. The van der Waals surface area contributed by atoms with Gasteiger partial charge in [-0.15, -0.1) is 0 Å². The zero-order chi connectivity index (χ0) is 44.9. The van der Waals surface area contributed by atoms with E-state index in [4.69, 9.17) is 24.9 Å². The van der Waals surface area contributed by atoms with Gasteiger partial charge >= 0.3 is 0 Å². The lowest BCUT2D eigenvalue weighted by molar-refractivity contribution is 1.17. The summed E-state index contributed by atoms with van der Waals surface area (Å²) in [5.74, 6) is 1.28. The Kier molecular flexibility index (Phi) is 11.1. The summed E-state index contributed by atoms with van der Waals surface area (Å²) in [5, 5.41) is 0. The van der Waals surface area contributed by atoms with Crippen molar-refractivity contribution < 1.29 is 0 Å². The van der Waals surface area contributed by atoms with Gasteiger partial charge in [-0.05, 0) is 76.7 Å². The summed E-state index contributed by atoms with van der Waals surface area (Å²) in [6.45, 7) is 2.02. The van der Waals surface area contributed by atoms with Crippen molar-refractivity contribution in [3.8, 4) is 112 Å². The second-order valence-corrected chi connectivity index (χ2v) is 16.3. The standard InChI is InChI=1S/C61H42N6/c1-41-19-17-34-54(63-41)50-29-14-16-31-53(50)61-65-56(44-22-7-3-8-23-44)40-57(67-61)48-27-12-11-26-47(48)51-33-18-32-46(42-35-37-62-38-36-42)59(51)52-30-15-13-28-49(52)58-39-55(43-20-5-2-6-21-43)64-60(66-58)45-24-9-4-10-25-45/h2-40H,1H3. The number of hydrogen-bond donors (Lipinski definition) is 0. The largest absolute Gasteiger partial charge is 0.265 e. The first kappa shape index (κ1) is 40.8. The maximum absolute atomic E-state index is 5.46. The van der Waals surface area contributed by atoms with Gasteiger partial charge in [0.1, 0.15) is 0 Å². The molecular formula is C61H42N6. The van der Waals surface area contributed by atoms with Crippen LogP contribution in [0.25, 0.3) is 112 Å². The highest BCUT2D eigenvalue weighted by Crippen LogP contribution is 2.46. The van der Waals surface area contributed by atoms with Crippen LogP contribution in [0, 0.1) is 6.92 Å². The summed E-state index contributed by atoms with van der Waals surface area (Å²) in [6, 6.07) is 77.3. The Morgan fingerprint density at radius 2 is 0.687 bits per heavy atom. The zero-order valence-electron chi connectivity index (χ0n) is 36.7. The van der Waals surface area contributed by atoms with Crippen LogP contribution in [0.1, 0.15) is 5.69 Å². The lowest BCUT2D eigenvalue weighted by Gasteiger charge is -2.21. The molecule has 0 atom stereocenters. The summed E-state index contributed by atoms with van der Waals surface area (Å²) in [4.78, 5) is 30.5. The minimum atomic E-state index is 0.619. The average molecular weight is 859 g/mol. The van der Waals surface area contributed by atoms with Gasteiger partial charge in [-0.25, -0.2) is 19.9 Å². The molecule has 0 aliphatic heterocycles. The first-order valence-corrected chi connectivity index (χ1v) is 22.4. The van der Waals surface area contributed by atoms with Gasteiger partial charge in [0.15, 0.2) is 11.6 Å². The van der Waals surface area contributed by atoms with Crippen LogP contribution in [0.5, 0.6) is 0 Å². The second kappa shape index (κ2) is 18.2. The first-order chi connectivity index (χ1) is 33.1. The predicted molar refractivity (Wildman–Crippen MR) is 272 cm³/mol. The Balaban J connectivity index is 1.15. The lowest BCUT2D eigenvalue weighted by Crippen LogP contribution is -2.00. The topological polar surface area (TPSA) is 77.3 Å². The molecule has 0 aliphatic carbocycles. The molecule has 6 heteroatoms. The molecule has 6 nitrogen and oxygen atoms in total. The Morgan fingerprint density at radius 3 is 1.30 bits per heavy atom. The molecule has 0 N–H and O–H groups in total. The monoisotopic (exact) mass is 858 g/mol. The summed E-state index contributed by atoms with van der Waals surface area (Å²) < 4.78 is 0. The van der Waals surface area contributed by atoms with E-state index in [2.05, 4.69) is 145 Å². The summed E-state index contributed by atoms with van der Waals surface area (Å²) >= 11 is 0. The SMILES string of the molecule is Cc1cccc(-c2ccccc2-c2nc(-c3ccccc3)cc(-c3ccccc3-c3cccc(-c4ccncc4)c3-c3ccccc3-c3cc(-c4ccccc4)nc(-c4ccccc4)n3)n2)n1. The third-order valence-corrected chi connectivity index (χ3v) is 12.0. The van der Waals surface area contributed by atoms with Gasteiger partial charge in [0.05, 0.1) is 28.5 Å². The molecule has 316 valence electrons. The van der Waals surface area contributed by atoms with Gasteiger partial charge in [0, 0.05) is 57.0 Å². The smallest absolute Gasteiger partial charge is 0.161 e. The summed E-state index contributed by atoms with van der Waals surface area (Å²) in [5.41, 5.74) is 18.2. The normalized spacial score (nSPS) is 11.1. The highest BCUT2D eigenvalue weighted by atomic mass is 14.9. The van der Waals surface area contributed by atoms with E-state index in [-0.39, 0.29) is 0 Å². The van der Waals surface area contributed by atoms with Crippen LogP contribution in [-0.4, -0.2) is 29.9 Å². The summed E-state index contributed by atoms with van der Waals surface area (Å²) in [6.07, 6.45) is 3.71. The van der Waals surface area contributed by atoms with Crippen molar-refractivity contribution in [2.75, 3.05) is 0 Å². The highest BCUT2D eigenvalue weighted by molar-refractivity contribution is 6.02. The number of hydrogen-bond acceptors (Lipinski definition) is 6. The Bertz CT molecular complexity index is 3460. The molecule has 0 radical (unpaired) electrons. The molecule has 0 saturated heterocycles. The van der Waals surface area contributed by atoms with Crippen molar-refractivity contribution in [1.82, 2.24) is 29.9 Å². The Hall–Kier alpha value is -9.00. The predicted octanol–water partition coefficient (Wildman–Crippen LogP) is 15.0. The number of pyridine rings is 2. The van der Waals surface area contributed by atoms with Crippen LogP contribution in [0.4, 0.5) is 0 Å². The van der Waals surface area contributed by atoms with Crippen molar-refractivity contribution in [2.24, 2.45) is 0 Å². The minimum Gasteiger partial charge on any atom is -0.265 e. The molecule has 0 saturated carbocycles. The maximum atomic E-state index is 5.46. The third kappa shape index (κ3) is 8.32. The fourth-order valence-corrected chi connectivity index (χ4v) is 8.82. The van der Waals surface area contributed by atoms with E-state index in [0.717, 1.165) is 106 Å². The van der Waals surface area contributed by atoms with Crippen LogP contribution in [0.3, 0.4) is 0 Å². The quantitative estimate of drug-likeness (QED) is 0.136. The van der Waals surface area contributed by atoms with Gasteiger partial charge in [-0.1, -0.05) is 188 Å². The van der Waals surface area contributed by atoms with Crippen LogP contribution >= 0.6 is 0 Å².